The number of carbonyl (C=O) groups excluding carboxylic acids is 1. The van der Waals surface area contributed by atoms with Crippen LogP contribution < -0.4 is 10.5 Å². The lowest BCUT2D eigenvalue weighted by Crippen LogP contribution is -2.18. The second-order valence-electron chi connectivity index (χ2n) is 4.79. The summed E-state index contributed by atoms with van der Waals surface area (Å²) < 4.78 is 11.7. The molecular weight excluding hydrogens is 341 g/mol. The van der Waals surface area contributed by atoms with Crippen molar-refractivity contribution in [3.05, 3.63) is 63.1 Å². The summed E-state index contributed by atoms with van der Waals surface area (Å²) in [5, 5.41) is 0.697. The van der Waals surface area contributed by atoms with E-state index in [4.69, 9.17) is 32.4 Å². The first kappa shape index (κ1) is 15.6. The molecule has 0 aliphatic carbocycles. The second-order valence-corrected chi connectivity index (χ2v) is 5.63. The van der Waals surface area contributed by atoms with Gasteiger partial charge in [0.2, 0.25) is 0 Å². The smallest absolute Gasteiger partial charge is 0.419 e. The fourth-order valence-corrected chi connectivity index (χ4v) is 2.61. The Morgan fingerprint density at radius 3 is 2.74 bits per heavy atom. The maximum absolute atomic E-state index is 11.9. The third kappa shape index (κ3) is 3.41. The van der Waals surface area contributed by atoms with Crippen molar-refractivity contribution in [1.82, 2.24) is 4.57 Å². The summed E-state index contributed by atoms with van der Waals surface area (Å²) in [5.41, 5.74) is 1.11. The molecule has 2 aromatic carbocycles. The molecule has 5 nitrogen and oxygen atoms in total. The Hall–Kier alpha value is -2.24. The molecule has 0 radical (unpaired) electrons. The molecule has 0 spiro atoms. The number of ether oxygens (including phenoxy) is 1. The first-order valence-corrected chi connectivity index (χ1v) is 7.54. The predicted molar refractivity (Wildman–Crippen MR) is 87.2 cm³/mol. The molecule has 0 bridgehead atoms. The predicted octanol–water partition coefficient (Wildman–Crippen LogP) is 3.90. The summed E-state index contributed by atoms with van der Waals surface area (Å²) in [7, 11) is 0. The summed E-state index contributed by atoms with van der Waals surface area (Å²) >= 11 is 11.7. The first-order chi connectivity index (χ1) is 11.0. The molecule has 1 aromatic heterocycles. The third-order valence-electron chi connectivity index (χ3n) is 3.23. The van der Waals surface area contributed by atoms with Gasteiger partial charge < -0.3 is 9.15 Å². The molecule has 1 heterocycles. The molecule has 0 aliphatic heterocycles. The summed E-state index contributed by atoms with van der Waals surface area (Å²) in [5.74, 6) is -0.791. The highest BCUT2D eigenvalue weighted by atomic mass is 35.5. The Labute approximate surface area is 141 Å². The minimum absolute atomic E-state index is 0.00237. The second kappa shape index (κ2) is 6.48. The van der Waals surface area contributed by atoms with Gasteiger partial charge >= 0.3 is 11.7 Å². The zero-order valence-electron chi connectivity index (χ0n) is 11.8. The van der Waals surface area contributed by atoms with Crippen molar-refractivity contribution in [2.45, 2.75) is 13.0 Å². The minimum atomic E-state index is -0.511. The van der Waals surface area contributed by atoms with Gasteiger partial charge in [-0.15, -0.1) is 0 Å². The van der Waals surface area contributed by atoms with Gasteiger partial charge in [0.15, 0.2) is 5.58 Å². The molecule has 0 saturated heterocycles. The van der Waals surface area contributed by atoms with Crippen LogP contribution in [-0.4, -0.2) is 10.5 Å². The zero-order chi connectivity index (χ0) is 16.4. The number of carbonyl (C=O) groups is 1. The van der Waals surface area contributed by atoms with Gasteiger partial charge in [-0.25, -0.2) is 4.79 Å². The monoisotopic (exact) mass is 351 g/mol. The van der Waals surface area contributed by atoms with Crippen LogP contribution in [0.5, 0.6) is 5.75 Å². The number of fused-ring (bicyclic) bond motifs is 1. The number of esters is 1. The van der Waals surface area contributed by atoms with Gasteiger partial charge in [-0.05, 0) is 30.3 Å². The number of rotatable bonds is 4. The normalized spacial score (nSPS) is 10.9. The molecule has 0 N–H and O–H groups in total. The maximum Gasteiger partial charge on any atom is 0.419 e. The van der Waals surface area contributed by atoms with Gasteiger partial charge in [-0.2, -0.15) is 0 Å². The van der Waals surface area contributed by atoms with Crippen LogP contribution in [0.1, 0.15) is 6.42 Å². The molecule has 23 heavy (non-hydrogen) atoms. The minimum Gasteiger partial charge on any atom is -0.425 e. The zero-order valence-corrected chi connectivity index (χ0v) is 13.3. The number of hydrogen-bond acceptors (Lipinski definition) is 4. The van der Waals surface area contributed by atoms with Gasteiger partial charge in [-0.3, -0.25) is 9.36 Å². The maximum atomic E-state index is 11.9. The van der Waals surface area contributed by atoms with Crippen molar-refractivity contribution in [2.75, 3.05) is 0 Å². The largest absolute Gasteiger partial charge is 0.425 e. The van der Waals surface area contributed by atoms with E-state index in [2.05, 4.69) is 0 Å². The lowest BCUT2D eigenvalue weighted by molar-refractivity contribution is -0.134. The van der Waals surface area contributed by atoms with Crippen LogP contribution in [0.2, 0.25) is 10.0 Å². The Bertz CT molecular complexity index is 929. The average Bonchev–Trinajstić information content (AvgIpc) is 2.83. The van der Waals surface area contributed by atoms with E-state index >= 15 is 0 Å². The lowest BCUT2D eigenvalue weighted by Gasteiger charge is -2.06. The molecule has 3 aromatic rings. The van der Waals surface area contributed by atoms with Crippen LogP contribution >= 0.6 is 23.2 Å². The van der Waals surface area contributed by atoms with Gasteiger partial charge in [0.25, 0.3) is 0 Å². The molecule has 0 amide bonds. The first-order valence-electron chi connectivity index (χ1n) is 6.79. The van der Waals surface area contributed by atoms with E-state index < -0.39 is 11.7 Å². The van der Waals surface area contributed by atoms with Crippen molar-refractivity contribution < 1.29 is 13.9 Å². The number of hydrogen-bond donors (Lipinski definition) is 0. The number of benzene rings is 2. The highest BCUT2D eigenvalue weighted by Crippen LogP contribution is 2.27. The summed E-state index contributed by atoms with van der Waals surface area (Å²) in [6, 6.07) is 11.6. The van der Waals surface area contributed by atoms with Crippen LogP contribution in [0.15, 0.2) is 51.7 Å². The number of oxazole rings is 1. The molecule has 0 atom stereocenters. The van der Waals surface area contributed by atoms with Crippen LogP contribution in [0.4, 0.5) is 0 Å². The Kier molecular flexibility index (Phi) is 4.41. The summed E-state index contributed by atoms with van der Waals surface area (Å²) in [6.07, 6.45) is 0.00237. The van der Waals surface area contributed by atoms with Crippen LogP contribution in [0, 0.1) is 0 Å². The van der Waals surface area contributed by atoms with Crippen molar-refractivity contribution in [1.29, 1.82) is 0 Å². The van der Waals surface area contributed by atoms with Crippen LogP contribution in [-0.2, 0) is 11.3 Å². The van der Waals surface area contributed by atoms with E-state index in [1.54, 1.807) is 30.3 Å². The number of aromatic nitrogens is 1. The fraction of sp³-hybridized carbons (Fsp3) is 0.125. The summed E-state index contributed by atoms with van der Waals surface area (Å²) in [4.78, 5) is 23.7. The number of halogens is 2. The van der Waals surface area contributed by atoms with E-state index in [1.807, 2.05) is 0 Å². The van der Waals surface area contributed by atoms with Gasteiger partial charge in [0.05, 0.1) is 17.0 Å². The van der Waals surface area contributed by atoms with Gasteiger partial charge in [0, 0.05) is 11.6 Å². The van der Waals surface area contributed by atoms with E-state index in [0.717, 1.165) is 0 Å². The van der Waals surface area contributed by atoms with Crippen molar-refractivity contribution in [2.24, 2.45) is 0 Å². The molecule has 0 saturated carbocycles. The quantitative estimate of drug-likeness (QED) is 0.528. The average molecular weight is 352 g/mol. The summed E-state index contributed by atoms with van der Waals surface area (Å²) in [6.45, 7) is 0.153. The molecule has 3 rings (SSSR count). The lowest BCUT2D eigenvalue weighted by atomic mass is 10.3. The molecule has 7 heteroatoms. The topological polar surface area (TPSA) is 61.4 Å². The molecule has 0 unspecified atom stereocenters. The SMILES string of the molecule is O=C(CCn1c(=O)oc2ccccc21)Oc1ccc(Cl)cc1Cl. The standard InChI is InChI=1S/C16H11Cl2NO4/c17-10-5-6-13(11(18)9-10)22-15(20)7-8-19-12-3-1-2-4-14(12)23-16(19)21/h1-6,9H,7-8H2. The Morgan fingerprint density at radius 2 is 1.96 bits per heavy atom. The van der Waals surface area contributed by atoms with Crippen molar-refractivity contribution in [3.63, 3.8) is 0 Å². The van der Waals surface area contributed by atoms with Crippen molar-refractivity contribution in [3.8, 4) is 5.75 Å². The highest BCUT2D eigenvalue weighted by Gasteiger charge is 2.13. The Balaban J connectivity index is 1.71. The molecular formula is C16H11Cl2NO4. The number of aryl methyl sites for hydroxylation is 1. The molecule has 118 valence electrons. The van der Waals surface area contributed by atoms with E-state index in [-0.39, 0.29) is 23.7 Å². The molecule has 0 fully saturated rings. The number of nitrogens with zero attached hydrogens (tertiary/aromatic N) is 1. The van der Waals surface area contributed by atoms with Gasteiger partial charge in [-0.1, -0.05) is 35.3 Å². The molecule has 0 aliphatic rings. The van der Waals surface area contributed by atoms with E-state index in [1.165, 1.54) is 16.7 Å². The van der Waals surface area contributed by atoms with E-state index in [0.29, 0.717) is 16.1 Å². The van der Waals surface area contributed by atoms with E-state index in [9.17, 15) is 9.59 Å². The third-order valence-corrected chi connectivity index (χ3v) is 3.76. The van der Waals surface area contributed by atoms with Gasteiger partial charge in [0.1, 0.15) is 5.75 Å². The Morgan fingerprint density at radius 1 is 1.17 bits per heavy atom. The number of para-hydroxylation sites is 2. The van der Waals surface area contributed by atoms with Crippen LogP contribution in [0.3, 0.4) is 0 Å². The van der Waals surface area contributed by atoms with Crippen LogP contribution in [0.25, 0.3) is 11.1 Å². The highest BCUT2D eigenvalue weighted by molar-refractivity contribution is 6.35. The fourth-order valence-electron chi connectivity index (χ4n) is 2.16. The van der Waals surface area contributed by atoms with Crippen molar-refractivity contribution >= 4 is 40.3 Å².